The molecule has 2 atom stereocenters. The van der Waals surface area contributed by atoms with Crippen LogP contribution in [0.4, 0.5) is 0 Å². The molecular weight excluding hydrogens is 174 g/mol. The fourth-order valence-corrected chi connectivity index (χ4v) is 2.91. The molecular formula is C12H23NO. The van der Waals surface area contributed by atoms with Gasteiger partial charge in [0.15, 0.2) is 0 Å². The standard InChI is InChI=1S/C12H23NO/c1-9-7-10(8-9)13-11-5-3-4-6-12(11)14-2/h9-13H,3-8H2,1-2H3. The Morgan fingerprint density at radius 3 is 2.50 bits per heavy atom. The maximum Gasteiger partial charge on any atom is 0.0724 e. The summed E-state index contributed by atoms with van der Waals surface area (Å²) in [4.78, 5) is 0. The van der Waals surface area contributed by atoms with Crippen molar-refractivity contribution in [3.63, 3.8) is 0 Å². The van der Waals surface area contributed by atoms with Crippen molar-refractivity contribution in [2.75, 3.05) is 7.11 Å². The molecule has 2 heteroatoms. The molecule has 0 amide bonds. The van der Waals surface area contributed by atoms with Crippen LogP contribution >= 0.6 is 0 Å². The zero-order chi connectivity index (χ0) is 9.97. The Morgan fingerprint density at radius 1 is 1.14 bits per heavy atom. The summed E-state index contributed by atoms with van der Waals surface area (Å²) < 4.78 is 5.54. The van der Waals surface area contributed by atoms with Crippen LogP contribution in [0.2, 0.25) is 0 Å². The zero-order valence-corrected chi connectivity index (χ0v) is 9.46. The predicted molar refractivity (Wildman–Crippen MR) is 58.4 cm³/mol. The van der Waals surface area contributed by atoms with E-state index < -0.39 is 0 Å². The molecule has 2 aliphatic rings. The lowest BCUT2D eigenvalue weighted by Gasteiger charge is -2.40. The molecule has 0 bridgehead atoms. The largest absolute Gasteiger partial charge is 0.380 e. The second kappa shape index (κ2) is 4.63. The Labute approximate surface area is 87.4 Å². The van der Waals surface area contributed by atoms with Crippen molar-refractivity contribution in [1.29, 1.82) is 0 Å². The van der Waals surface area contributed by atoms with E-state index in [0.29, 0.717) is 12.1 Å². The molecule has 82 valence electrons. The molecule has 2 unspecified atom stereocenters. The Balaban J connectivity index is 1.77. The molecule has 0 aromatic rings. The van der Waals surface area contributed by atoms with Gasteiger partial charge >= 0.3 is 0 Å². The maximum atomic E-state index is 5.54. The summed E-state index contributed by atoms with van der Waals surface area (Å²) in [5, 5.41) is 3.76. The lowest BCUT2D eigenvalue weighted by molar-refractivity contribution is 0.0298. The van der Waals surface area contributed by atoms with Crippen LogP contribution in [0, 0.1) is 5.92 Å². The minimum absolute atomic E-state index is 0.472. The van der Waals surface area contributed by atoms with Crippen LogP contribution in [-0.2, 0) is 4.74 Å². The van der Waals surface area contributed by atoms with Crippen molar-refractivity contribution < 1.29 is 4.74 Å². The zero-order valence-electron chi connectivity index (χ0n) is 9.46. The average molecular weight is 197 g/mol. The normalized spacial score (nSPS) is 43.3. The van der Waals surface area contributed by atoms with Crippen LogP contribution in [0.25, 0.3) is 0 Å². The van der Waals surface area contributed by atoms with Crippen molar-refractivity contribution in [2.24, 2.45) is 5.92 Å². The van der Waals surface area contributed by atoms with E-state index in [1.54, 1.807) is 0 Å². The smallest absolute Gasteiger partial charge is 0.0724 e. The van der Waals surface area contributed by atoms with Gasteiger partial charge in [-0.1, -0.05) is 19.8 Å². The van der Waals surface area contributed by atoms with Gasteiger partial charge < -0.3 is 10.1 Å². The van der Waals surface area contributed by atoms with Crippen LogP contribution < -0.4 is 5.32 Å². The number of hydrogen-bond acceptors (Lipinski definition) is 2. The maximum absolute atomic E-state index is 5.54. The molecule has 0 aromatic carbocycles. The van der Waals surface area contributed by atoms with Gasteiger partial charge in [0.05, 0.1) is 6.10 Å². The van der Waals surface area contributed by atoms with Gasteiger partial charge in [0, 0.05) is 19.2 Å². The van der Waals surface area contributed by atoms with Crippen LogP contribution in [0.15, 0.2) is 0 Å². The molecule has 2 nitrogen and oxygen atoms in total. The summed E-state index contributed by atoms with van der Waals surface area (Å²) in [6, 6.07) is 1.41. The number of ether oxygens (including phenoxy) is 1. The molecule has 2 fully saturated rings. The molecule has 0 spiro atoms. The highest BCUT2D eigenvalue weighted by molar-refractivity contribution is 4.89. The fourth-order valence-electron chi connectivity index (χ4n) is 2.91. The van der Waals surface area contributed by atoms with Gasteiger partial charge in [0.1, 0.15) is 0 Å². The van der Waals surface area contributed by atoms with Crippen molar-refractivity contribution in [2.45, 2.75) is 63.6 Å². The Hall–Kier alpha value is -0.0800. The van der Waals surface area contributed by atoms with Gasteiger partial charge in [0.25, 0.3) is 0 Å². The quantitative estimate of drug-likeness (QED) is 0.750. The Kier molecular flexibility index (Phi) is 3.45. The van der Waals surface area contributed by atoms with Crippen molar-refractivity contribution in [3.05, 3.63) is 0 Å². The third-order valence-corrected chi connectivity index (χ3v) is 3.83. The minimum atomic E-state index is 0.472. The molecule has 2 aliphatic carbocycles. The summed E-state index contributed by atoms with van der Waals surface area (Å²) in [7, 11) is 1.86. The van der Waals surface area contributed by atoms with E-state index in [1.165, 1.54) is 38.5 Å². The predicted octanol–water partition coefficient (Wildman–Crippen LogP) is 2.33. The molecule has 0 aliphatic heterocycles. The number of nitrogens with one attached hydrogen (secondary N) is 1. The van der Waals surface area contributed by atoms with E-state index in [2.05, 4.69) is 12.2 Å². The lowest BCUT2D eigenvalue weighted by atomic mass is 9.80. The summed E-state index contributed by atoms with van der Waals surface area (Å²) in [6.45, 7) is 2.34. The molecule has 0 aromatic heterocycles. The second-order valence-corrected chi connectivity index (χ2v) is 5.11. The number of hydrogen-bond donors (Lipinski definition) is 1. The summed E-state index contributed by atoms with van der Waals surface area (Å²) >= 11 is 0. The van der Waals surface area contributed by atoms with Crippen LogP contribution in [-0.4, -0.2) is 25.3 Å². The van der Waals surface area contributed by atoms with Crippen LogP contribution in [0.5, 0.6) is 0 Å². The van der Waals surface area contributed by atoms with Gasteiger partial charge in [-0.3, -0.25) is 0 Å². The highest BCUT2D eigenvalue weighted by Crippen LogP contribution is 2.29. The van der Waals surface area contributed by atoms with Crippen LogP contribution in [0.1, 0.15) is 45.4 Å². The first kappa shape index (κ1) is 10.4. The monoisotopic (exact) mass is 197 g/mol. The SMILES string of the molecule is COC1CCCCC1NC1CC(C)C1. The van der Waals surface area contributed by atoms with E-state index >= 15 is 0 Å². The molecule has 0 saturated heterocycles. The third kappa shape index (κ3) is 2.29. The highest BCUT2D eigenvalue weighted by Gasteiger charge is 2.31. The van der Waals surface area contributed by atoms with E-state index in [-0.39, 0.29) is 0 Å². The molecule has 14 heavy (non-hydrogen) atoms. The topological polar surface area (TPSA) is 21.3 Å². The Bertz CT molecular complexity index is 177. The van der Waals surface area contributed by atoms with Crippen LogP contribution in [0.3, 0.4) is 0 Å². The van der Waals surface area contributed by atoms with Crippen molar-refractivity contribution in [3.8, 4) is 0 Å². The van der Waals surface area contributed by atoms with E-state index in [9.17, 15) is 0 Å². The lowest BCUT2D eigenvalue weighted by Crippen LogP contribution is -2.51. The first-order valence-electron chi connectivity index (χ1n) is 6.08. The summed E-state index contributed by atoms with van der Waals surface area (Å²) in [5.74, 6) is 0.942. The first-order valence-corrected chi connectivity index (χ1v) is 6.08. The van der Waals surface area contributed by atoms with Gasteiger partial charge in [-0.15, -0.1) is 0 Å². The molecule has 0 heterocycles. The molecule has 2 rings (SSSR count). The number of rotatable bonds is 3. The second-order valence-electron chi connectivity index (χ2n) is 5.11. The molecule has 2 saturated carbocycles. The Morgan fingerprint density at radius 2 is 1.86 bits per heavy atom. The third-order valence-electron chi connectivity index (χ3n) is 3.83. The van der Waals surface area contributed by atoms with Gasteiger partial charge in [-0.25, -0.2) is 0 Å². The summed E-state index contributed by atoms with van der Waals surface area (Å²) in [5.41, 5.74) is 0. The molecule has 1 N–H and O–H groups in total. The van der Waals surface area contributed by atoms with Gasteiger partial charge in [-0.2, -0.15) is 0 Å². The number of methoxy groups -OCH3 is 1. The fraction of sp³-hybridized carbons (Fsp3) is 1.00. The van der Waals surface area contributed by atoms with E-state index in [4.69, 9.17) is 4.74 Å². The summed E-state index contributed by atoms with van der Waals surface area (Å²) in [6.07, 6.45) is 8.48. The van der Waals surface area contributed by atoms with Crippen molar-refractivity contribution >= 4 is 0 Å². The first-order chi connectivity index (χ1) is 6.79. The van der Waals surface area contributed by atoms with E-state index in [1.807, 2.05) is 7.11 Å². The van der Waals surface area contributed by atoms with Gasteiger partial charge in [0.2, 0.25) is 0 Å². The average Bonchev–Trinajstić information content (AvgIpc) is 2.16. The van der Waals surface area contributed by atoms with Gasteiger partial charge in [-0.05, 0) is 31.6 Å². The minimum Gasteiger partial charge on any atom is -0.380 e. The van der Waals surface area contributed by atoms with Crippen molar-refractivity contribution in [1.82, 2.24) is 5.32 Å². The molecule has 0 radical (unpaired) electrons. The van der Waals surface area contributed by atoms with E-state index in [0.717, 1.165) is 12.0 Å². The highest BCUT2D eigenvalue weighted by atomic mass is 16.5.